The van der Waals surface area contributed by atoms with Crippen molar-refractivity contribution in [2.45, 2.75) is 79.1 Å². The summed E-state index contributed by atoms with van der Waals surface area (Å²) in [5, 5.41) is 9.21. The highest BCUT2D eigenvalue weighted by Gasteiger charge is 2.56. The maximum Gasteiger partial charge on any atom is 0.453 e. The van der Waals surface area contributed by atoms with Crippen molar-refractivity contribution < 1.29 is 40.3 Å². The minimum absolute atomic E-state index is 0.0154. The lowest BCUT2D eigenvalue weighted by Gasteiger charge is -2.40. The van der Waals surface area contributed by atoms with Gasteiger partial charge in [-0.05, 0) is 67.3 Å². The number of carbonyl (C=O) groups excluding carboxylic acids is 1. The number of aliphatic hydroxyl groups excluding tert-OH is 1. The third-order valence-corrected chi connectivity index (χ3v) is 10.4. The number of hydrogen-bond acceptors (Lipinski definition) is 5. The fourth-order valence-corrected chi connectivity index (χ4v) is 7.28. The Morgan fingerprint density at radius 1 is 0.923 bits per heavy atom. The van der Waals surface area contributed by atoms with Crippen LogP contribution in [0.1, 0.15) is 50.5 Å². The standard InChI is InChI=1S/C28H32F5NO4S/c29-27(30,28(31,32)33)14-13-20-3-5-21(6-4-20)22-7-11-24(12-8-22)39(37,38)26(25(36)2-1-19-35)15-17-34(18-16-26)23-9-10-23/h3-8,11-12,23,35H,1-2,9-10,13-19H2. The van der Waals surface area contributed by atoms with Crippen molar-refractivity contribution >= 4 is 15.6 Å². The normalized spacial score (nSPS) is 18.7. The predicted octanol–water partition coefficient (Wildman–Crippen LogP) is 5.60. The Balaban J connectivity index is 1.50. The summed E-state index contributed by atoms with van der Waals surface area (Å²) in [6.45, 7) is 0.844. The molecule has 1 N–H and O–H groups in total. The minimum Gasteiger partial charge on any atom is -0.396 e. The van der Waals surface area contributed by atoms with Crippen molar-refractivity contribution in [2.75, 3.05) is 19.7 Å². The number of aryl methyl sites for hydroxylation is 1. The molecule has 2 fully saturated rings. The quantitative estimate of drug-likeness (QED) is 0.355. The van der Waals surface area contributed by atoms with Crippen LogP contribution in [0.15, 0.2) is 53.4 Å². The number of alkyl halides is 5. The van der Waals surface area contributed by atoms with Crippen LogP contribution in [0.25, 0.3) is 11.1 Å². The minimum atomic E-state index is -5.59. The first-order valence-electron chi connectivity index (χ1n) is 13.1. The molecule has 1 aliphatic heterocycles. The number of likely N-dealkylation sites (tertiary alicyclic amines) is 1. The number of nitrogens with zero attached hydrogens (tertiary/aromatic N) is 1. The van der Waals surface area contributed by atoms with Crippen LogP contribution in [-0.4, -0.2) is 66.8 Å². The van der Waals surface area contributed by atoms with Crippen molar-refractivity contribution in [3.8, 4) is 11.1 Å². The Morgan fingerprint density at radius 3 is 1.95 bits per heavy atom. The lowest BCUT2D eigenvalue weighted by atomic mass is 9.89. The number of Topliss-reactive ketones (excluding diaryl/α,β-unsaturated/α-hetero) is 1. The molecule has 11 heteroatoms. The fourth-order valence-electron chi connectivity index (χ4n) is 5.21. The molecule has 1 saturated carbocycles. The van der Waals surface area contributed by atoms with Crippen molar-refractivity contribution in [1.29, 1.82) is 0 Å². The summed E-state index contributed by atoms with van der Waals surface area (Å²) in [5.41, 5.74) is 1.59. The first-order valence-corrected chi connectivity index (χ1v) is 14.6. The Bertz CT molecular complexity index is 1250. The number of ketones is 1. The smallest absolute Gasteiger partial charge is 0.396 e. The van der Waals surface area contributed by atoms with Gasteiger partial charge < -0.3 is 10.0 Å². The zero-order valence-corrected chi connectivity index (χ0v) is 22.2. The van der Waals surface area contributed by atoms with Gasteiger partial charge in [-0.3, -0.25) is 4.79 Å². The number of rotatable bonds is 11. The monoisotopic (exact) mass is 573 g/mol. The zero-order chi connectivity index (χ0) is 28.5. The molecule has 1 aliphatic carbocycles. The molecule has 0 atom stereocenters. The van der Waals surface area contributed by atoms with E-state index in [1.807, 2.05) is 0 Å². The van der Waals surface area contributed by atoms with Crippen molar-refractivity contribution in [1.82, 2.24) is 4.90 Å². The van der Waals surface area contributed by atoms with E-state index in [0.717, 1.165) is 12.8 Å². The molecule has 2 aliphatic rings. The van der Waals surface area contributed by atoms with Gasteiger partial charge in [-0.2, -0.15) is 22.0 Å². The van der Waals surface area contributed by atoms with E-state index in [1.54, 1.807) is 24.3 Å². The van der Waals surface area contributed by atoms with Crippen LogP contribution in [0.5, 0.6) is 0 Å². The summed E-state index contributed by atoms with van der Waals surface area (Å²) in [6.07, 6.45) is -4.64. The van der Waals surface area contributed by atoms with Crippen LogP contribution in [-0.2, 0) is 21.1 Å². The number of halogens is 5. The third-order valence-electron chi connectivity index (χ3n) is 7.85. The van der Waals surface area contributed by atoms with Gasteiger partial charge in [0.15, 0.2) is 15.6 Å². The molecule has 0 aromatic heterocycles. The Hall–Kier alpha value is -2.37. The predicted molar refractivity (Wildman–Crippen MR) is 136 cm³/mol. The molecule has 2 aromatic carbocycles. The number of piperidine rings is 1. The number of hydrogen-bond donors (Lipinski definition) is 1. The van der Waals surface area contributed by atoms with Crippen molar-refractivity contribution in [3.05, 3.63) is 54.1 Å². The topological polar surface area (TPSA) is 74.7 Å². The Labute approximate surface area is 224 Å². The van der Waals surface area contributed by atoms with Gasteiger partial charge >= 0.3 is 12.1 Å². The average Bonchev–Trinajstić information content (AvgIpc) is 3.76. The molecule has 0 spiro atoms. The van der Waals surface area contributed by atoms with Gasteiger partial charge in [-0.1, -0.05) is 36.4 Å². The van der Waals surface area contributed by atoms with E-state index in [9.17, 15) is 40.3 Å². The molecule has 214 valence electrons. The van der Waals surface area contributed by atoms with Crippen molar-refractivity contribution in [2.24, 2.45) is 0 Å². The van der Waals surface area contributed by atoms with E-state index < -0.39 is 39.5 Å². The fraction of sp³-hybridized carbons (Fsp3) is 0.536. The first kappa shape index (κ1) is 29.6. The summed E-state index contributed by atoms with van der Waals surface area (Å²) in [5.74, 6) is -5.14. The second kappa shape index (κ2) is 11.2. The molecular weight excluding hydrogens is 541 g/mol. The van der Waals surface area contributed by atoms with E-state index in [2.05, 4.69) is 4.90 Å². The van der Waals surface area contributed by atoms with Crippen LogP contribution in [0.3, 0.4) is 0 Å². The highest BCUT2D eigenvalue weighted by molar-refractivity contribution is 7.93. The van der Waals surface area contributed by atoms with Crippen molar-refractivity contribution in [3.63, 3.8) is 0 Å². The lowest BCUT2D eigenvalue weighted by molar-refractivity contribution is -0.284. The average molecular weight is 574 g/mol. The summed E-state index contributed by atoms with van der Waals surface area (Å²) >= 11 is 0. The van der Waals surface area contributed by atoms with Gasteiger partial charge in [0.2, 0.25) is 0 Å². The number of benzene rings is 2. The highest BCUT2D eigenvalue weighted by atomic mass is 32.2. The second-order valence-electron chi connectivity index (χ2n) is 10.4. The van der Waals surface area contributed by atoms with E-state index >= 15 is 0 Å². The SMILES string of the molecule is O=C(CCCO)C1(S(=O)(=O)c2ccc(-c3ccc(CCC(F)(F)C(F)(F)F)cc3)cc2)CCN(C2CC2)CC1. The highest BCUT2D eigenvalue weighted by Crippen LogP contribution is 2.41. The molecule has 0 bridgehead atoms. The molecule has 2 aromatic rings. The summed E-state index contributed by atoms with van der Waals surface area (Å²) in [7, 11) is -4.04. The van der Waals surface area contributed by atoms with Gasteiger partial charge in [-0.15, -0.1) is 0 Å². The van der Waals surface area contributed by atoms with Gasteiger partial charge in [0.1, 0.15) is 4.75 Å². The molecule has 5 nitrogen and oxygen atoms in total. The largest absolute Gasteiger partial charge is 0.453 e. The number of carbonyl (C=O) groups is 1. The second-order valence-corrected chi connectivity index (χ2v) is 12.7. The van der Waals surface area contributed by atoms with E-state index in [0.29, 0.717) is 35.8 Å². The van der Waals surface area contributed by atoms with Gasteiger partial charge in [-0.25, -0.2) is 8.42 Å². The van der Waals surface area contributed by atoms with E-state index in [4.69, 9.17) is 0 Å². The van der Waals surface area contributed by atoms with Gasteiger partial charge in [0.25, 0.3) is 0 Å². The van der Waals surface area contributed by atoms with E-state index in [1.165, 1.54) is 24.3 Å². The van der Waals surface area contributed by atoms with Gasteiger partial charge in [0, 0.05) is 38.6 Å². The maximum absolute atomic E-state index is 13.9. The summed E-state index contributed by atoms with van der Waals surface area (Å²) in [4.78, 5) is 15.5. The van der Waals surface area contributed by atoms with Gasteiger partial charge in [0.05, 0.1) is 4.90 Å². The Kier molecular flexibility index (Phi) is 8.54. The molecule has 0 amide bonds. The molecular formula is C28H32F5NO4S. The zero-order valence-electron chi connectivity index (χ0n) is 21.4. The molecule has 0 unspecified atom stereocenters. The summed E-state index contributed by atoms with van der Waals surface area (Å²) in [6, 6.07) is 12.6. The maximum atomic E-state index is 13.9. The third kappa shape index (κ3) is 6.20. The molecule has 4 rings (SSSR count). The molecule has 0 radical (unpaired) electrons. The number of aliphatic hydroxyl groups is 1. The molecule has 1 heterocycles. The first-order chi connectivity index (χ1) is 18.3. The lowest BCUT2D eigenvalue weighted by Crippen LogP contribution is -2.54. The van der Waals surface area contributed by atoms with Crippen LogP contribution in [0.2, 0.25) is 0 Å². The molecule has 1 saturated heterocycles. The summed E-state index contributed by atoms with van der Waals surface area (Å²) < 4.78 is 89.9. The van der Waals surface area contributed by atoms with Crippen LogP contribution >= 0.6 is 0 Å². The molecule has 39 heavy (non-hydrogen) atoms. The van der Waals surface area contributed by atoms with E-state index in [-0.39, 0.29) is 43.0 Å². The van der Waals surface area contributed by atoms with Crippen LogP contribution in [0, 0.1) is 0 Å². The van der Waals surface area contributed by atoms with Crippen LogP contribution < -0.4 is 0 Å². The Morgan fingerprint density at radius 2 is 1.46 bits per heavy atom. The van der Waals surface area contributed by atoms with Crippen LogP contribution in [0.4, 0.5) is 22.0 Å². The number of sulfone groups is 1.